The van der Waals surface area contributed by atoms with Gasteiger partial charge in [0, 0.05) is 6.20 Å². The molecular formula is C19H14Cl2F3N3O2S. The molecule has 0 unspecified atom stereocenters. The van der Waals surface area contributed by atoms with Crippen molar-refractivity contribution in [3.05, 3.63) is 57.3 Å². The topological polar surface area (TPSA) is 75.1 Å². The lowest BCUT2D eigenvalue weighted by atomic mass is 10.1. The number of carbonyl (C=O) groups is 1. The summed E-state index contributed by atoms with van der Waals surface area (Å²) >= 11 is 13.3. The van der Waals surface area contributed by atoms with Crippen LogP contribution >= 0.6 is 34.5 Å². The molecule has 0 amide bonds. The molecule has 3 rings (SSSR count). The van der Waals surface area contributed by atoms with Crippen molar-refractivity contribution in [2.24, 2.45) is 0 Å². The van der Waals surface area contributed by atoms with Crippen LogP contribution in [-0.4, -0.2) is 21.0 Å². The van der Waals surface area contributed by atoms with Crippen LogP contribution in [0.5, 0.6) is 0 Å². The Bertz CT molecular complexity index is 1120. The van der Waals surface area contributed by atoms with Crippen molar-refractivity contribution in [1.82, 2.24) is 9.97 Å². The molecule has 0 bridgehead atoms. The van der Waals surface area contributed by atoms with Gasteiger partial charge in [0.1, 0.15) is 11.4 Å². The molecule has 0 saturated heterocycles. The first-order chi connectivity index (χ1) is 14.0. The molecule has 1 aromatic carbocycles. The second-order valence-electron chi connectivity index (χ2n) is 6.57. The highest BCUT2D eigenvalue weighted by atomic mass is 35.5. The summed E-state index contributed by atoms with van der Waals surface area (Å²) in [4.78, 5) is 20.4. The fraction of sp³-hybridized carbons (Fsp3) is 0.211. The lowest BCUT2D eigenvalue weighted by Gasteiger charge is -2.10. The van der Waals surface area contributed by atoms with Crippen molar-refractivity contribution in [2.45, 2.75) is 25.9 Å². The van der Waals surface area contributed by atoms with Gasteiger partial charge in [0.2, 0.25) is 0 Å². The van der Waals surface area contributed by atoms with Gasteiger partial charge >= 0.3 is 12.1 Å². The Morgan fingerprint density at radius 3 is 2.47 bits per heavy atom. The number of hydrogen-bond donors (Lipinski definition) is 2. The van der Waals surface area contributed by atoms with E-state index < -0.39 is 23.3 Å². The van der Waals surface area contributed by atoms with Crippen molar-refractivity contribution in [1.29, 1.82) is 0 Å². The van der Waals surface area contributed by atoms with Crippen molar-refractivity contribution >= 4 is 51.5 Å². The van der Waals surface area contributed by atoms with E-state index in [0.29, 0.717) is 28.0 Å². The SMILES string of the molecule is CC(C)c1nc(Nc2ncc(C(F)(F)F)cc2C(=O)O)sc1-c1ccc(Cl)c(Cl)c1. The fourth-order valence-electron chi connectivity index (χ4n) is 2.60. The number of carboxylic acids is 1. The number of aromatic carboxylic acids is 1. The average Bonchev–Trinajstić information content (AvgIpc) is 3.07. The summed E-state index contributed by atoms with van der Waals surface area (Å²) in [5.41, 5.74) is -0.284. The van der Waals surface area contributed by atoms with Crippen molar-refractivity contribution in [2.75, 3.05) is 5.32 Å². The zero-order valence-electron chi connectivity index (χ0n) is 15.5. The van der Waals surface area contributed by atoms with Crippen LogP contribution in [0.2, 0.25) is 10.0 Å². The maximum atomic E-state index is 12.9. The summed E-state index contributed by atoms with van der Waals surface area (Å²) in [5, 5.41) is 13.1. The van der Waals surface area contributed by atoms with Crippen molar-refractivity contribution < 1.29 is 23.1 Å². The number of rotatable bonds is 5. The molecule has 158 valence electrons. The number of alkyl halides is 3. The van der Waals surface area contributed by atoms with E-state index in [1.54, 1.807) is 18.2 Å². The fourth-order valence-corrected chi connectivity index (χ4v) is 4.02. The Hall–Kier alpha value is -2.36. The van der Waals surface area contributed by atoms with Crippen LogP contribution in [0.1, 0.15) is 41.4 Å². The largest absolute Gasteiger partial charge is 0.478 e. The van der Waals surface area contributed by atoms with Crippen LogP contribution in [0.25, 0.3) is 10.4 Å². The number of anilines is 2. The summed E-state index contributed by atoms with van der Waals surface area (Å²) in [7, 11) is 0. The predicted octanol–water partition coefficient (Wildman–Crippen LogP) is 7.10. The van der Waals surface area contributed by atoms with E-state index in [1.807, 2.05) is 13.8 Å². The van der Waals surface area contributed by atoms with E-state index in [2.05, 4.69) is 15.3 Å². The van der Waals surface area contributed by atoms with E-state index in [4.69, 9.17) is 23.2 Å². The number of aromatic nitrogens is 2. The highest BCUT2D eigenvalue weighted by Crippen LogP contribution is 2.40. The molecule has 5 nitrogen and oxygen atoms in total. The van der Waals surface area contributed by atoms with Crippen LogP contribution in [0.3, 0.4) is 0 Å². The first-order valence-corrected chi connectivity index (χ1v) is 10.1. The standard InChI is InChI=1S/C19H14Cl2F3N3O2S/c1-8(2)14-15(9-3-4-12(20)13(21)5-9)30-18(26-14)27-16-11(17(28)29)6-10(7-25-16)19(22,23)24/h3-8H,1-2H3,(H,28,29)(H,25,26,27). The molecule has 0 spiro atoms. The quantitative estimate of drug-likeness (QED) is 0.411. The summed E-state index contributed by atoms with van der Waals surface area (Å²) in [6.07, 6.45) is -4.13. The molecule has 0 aliphatic heterocycles. The van der Waals surface area contributed by atoms with Gasteiger partial charge in [-0.1, -0.05) is 54.5 Å². The summed E-state index contributed by atoms with van der Waals surface area (Å²) in [6.45, 7) is 3.86. The molecule has 0 aliphatic rings. The first-order valence-electron chi connectivity index (χ1n) is 8.51. The summed E-state index contributed by atoms with van der Waals surface area (Å²) in [5.74, 6) is -1.76. The lowest BCUT2D eigenvalue weighted by Crippen LogP contribution is -2.11. The number of pyridine rings is 1. The summed E-state index contributed by atoms with van der Waals surface area (Å²) < 4.78 is 38.7. The van der Waals surface area contributed by atoms with Crippen LogP contribution in [-0.2, 0) is 6.18 Å². The molecule has 2 N–H and O–H groups in total. The number of thiazole rings is 1. The Morgan fingerprint density at radius 1 is 1.20 bits per heavy atom. The third kappa shape index (κ3) is 4.69. The normalized spacial score (nSPS) is 11.7. The smallest absolute Gasteiger partial charge is 0.417 e. The number of carboxylic acid groups (broad SMARTS) is 1. The van der Waals surface area contributed by atoms with Crippen molar-refractivity contribution in [3.63, 3.8) is 0 Å². The van der Waals surface area contributed by atoms with E-state index >= 15 is 0 Å². The first kappa shape index (κ1) is 22.3. The molecular weight excluding hydrogens is 462 g/mol. The van der Waals surface area contributed by atoms with Gasteiger partial charge in [-0.25, -0.2) is 14.8 Å². The molecule has 0 radical (unpaired) electrons. The van der Waals surface area contributed by atoms with Gasteiger partial charge in [-0.3, -0.25) is 0 Å². The van der Waals surface area contributed by atoms with Crippen molar-refractivity contribution in [3.8, 4) is 10.4 Å². The Labute approximate surface area is 183 Å². The van der Waals surface area contributed by atoms with Gasteiger partial charge in [-0.2, -0.15) is 13.2 Å². The second kappa shape index (κ2) is 8.41. The summed E-state index contributed by atoms with van der Waals surface area (Å²) in [6, 6.07) is 5.65. The van der Waals surface area contributed by atoms with Crippen LogP contribution in [0.15, 0.2) is 30.5 Å². The maximum absolute atomic E-state index is 12.9. The van der Waals surface area contributed by atoms with Gasteiger partial charge in [0.15, 0.2) is 5.13 Å². The van der Waals surface area contributed by atoms with E-state index in [0.717, 1.165) is 10.4 Å². The van der Waals surface area contributed by atoms with Gasteiger partial charge in [-0.15, -0.1) is 0 Å². The second-order valence-corrected chi connectivity index (χ2v) is 8.38. The third-order valence-electron chi connectivity index (χ3n) is 4.05. The molecule has 11 heteroatoms. The number of hydrogen-bond acceptors (Lipinski definition) is 5. The minimum Gasteiger partial charge on any atom is -0.478 e. The lowest BCUT2D eigenvalue weighted by molar-refractivity contribution is -0.137. The minimum absolute atomic E-state index is 0.0146. The van der Waals surface area contributed by atoms with Gasteiger partial charge in [-0.05, 0) is 29.7 Å². The molecule has 3 aromatic rings. The number of nitrogens with zero attached hydrogens (tertiary/aromatic N) is 2. The maximum Gasteiger partial charge on any atom is 0.417 e. The number of benzene rings is 1. The number of halogens is 5. The molecule has 0 fully saturated rings. The van der Waals surface area contributed by atoms with E-state index in [1.165, 1.54) is 11.3 Å². The van der Waals surface area contributed by atoms with Crippen LogP contribution in [0, 0.1) is 0 Å². The average molecular weight is 476 g/mol. The molecule has 0 aliphatic carbocycles. The molecule has 2 heterocycles. The highest BCUT2D eigenvalue weighted by molar-refractivity contribution is 7.19. The van der Waals surface area contributed by atoms with Gasteiger partial charge < -0.3 is 10.4 Å². The van der Waals surface area contributed by atoms with E-state index in [-0.39, 0.29) is 16.9 Å². The molecule has 30 heavy (non-hydrogen) atoms. The Balaban J connectivity index is 2.04. The third-order valence-corrected chi connectivity index (χ3v) is 5.83. The van der Waals surface area contributed by atoms with Gasteiger partial charge in [0.05, 0.1) is 26.2 Å². The molecule has 0 atom stereocenters. The van der Waals surface area contributed by atoms with Crippen LogP contribution < -0.4 is 5.32 Å². The zero-order valence-corrected chi connectivity index (χ0v) is 17.8. The zero-order chi connectivity index (χ0) is 22.2. The highest BCUT2D eigenvalue weighted by Gasteiger charge is 2.32. The van der Waals surface area contributed by atoms with E-state index in [9.17, 15) is 23.1 Å². The van der Waals surface area contributed by atoms with Gasteiger partial charge in [0.25, 0.3) is 0 Å². The number of nitrogens with one attached hydrogen (secondary N) is 1. The predicted molar refractivity (Wildman–Crippen MR) is 111 cm³/mol. The monoisotopic (exact) mass is 475 g/mol. The minimum atomic E-state index is -4.71. The Kier molecular flexibility index (Phi) is 6.26. The van der Waals surface area contributed by atoms with Crippen LogP contribution in [0.4, 0.5) is 24.1 Å². The Morgan fingerprint density at radius 2 is 1.90 bits per heavy atom. The molecule has 0 saturated carbocycles. The molecule has 2 aromatic heterocycles.